The van der Waals surface area contributed by atoms with E-state index in [-0.39, 0.29) is 10.8 Å². The molecule has 1 aliphatic heterocycles. The Morgan fingerprint density at radius 2 is 1.59 bits per heavy atom. The van der Waals surface area contributed by atoms with E-state index in [9.17, 15) is 13.9 Å². The van der Waals surface area contributed by atoms with Crippen LogP contribution in [0.4, 0.5) is 8.78 Å². The Hall–Kier alpha value is -1.10. The van der Waals surface area contributed by atoms with Gasteiger partial charge in [0.2, 0.25) is 11.6 Å². The Bertz CT molecular complexity index is 504. The van der Waals surface area contributed by atoms with Crippen LogP contribution in [0.3, 0.4) is 0 Å². The van der Waals surface area contributed by atoms with Gasteiger partial charge in [0.15, 0.2) is 17.3 Å². The highest BCUT2D eigenvalue weighted by atomic mass is 28.3. The molecular weight excluding hydrogens is 242 g/mol. The minimum Gasteiger partial charge on any atom is -0.503 e. The van der Waals surface area contributed by atoms with Crippen molar-refractivity contribution in [3.8, 4) is 17.2 Å². The number of hydrogen-bond acceptors (Lipinski definition) is 2. The third-order valence-electron chi connectivity index (χ3n) is 3.93. The van der Waals surface area contributed by atoms with Gasteiger partial charge in [0.05, 0.1) is 8.07 Å². The summed E-state index contributed by atoms with van der Waals surface area (Å²) >= 11 is 0. The van der Waals surface area contributed by atoms with Crippen molar-refractivity contribution in [2.75, 3.05) is 0 Å². The largest absolute Gasteiger partial charge is 0.503 e. The van der Waals surface area contributed by atoms with E-state index in [1.165, 1.54) is 0 Å². The number of phenols is 1. The van der Waals surface area contributed by atoms with Crippen LogP contribution in [0.5, 0.6) is 17.2 Å². The lowest BCUT2D eigenvalue weighted by molar-refractivity contribution is 0.397. The van der Waals surface area contributed by atoms with Gasteiger partial charge >= 0.3 is 0 Å². The Morgan fingerprint density at radius 1 is 1.06 bits per heavy atom. The van der Waals surface area contributed by atoms with E-state index in [1.54, 1.807) is 0 Å². The summed E-state index contributed by atoms with van der Waals surface area (Å²) in [5, 5.41) is 9.70. The van der Waals surface area contributed by atoms with E-state index < -0.39 is 25.5 Å². The second kappa shape index (κ2) is 3.22. The fourth-order valence-electron chi connectivity index (χ4n) is 1.74. The van der Waals surface area contributed by atoms with E-state index >= 15 is 0 Å². The third-order valence-corrected chi connectivity index (χ3v) is 9.38. The van der Waals surface area contributed by atoms with Crippen molar-refractivity contribution in [1.82, 2.24) is 0 Å². The van der Waals surface area contributed by atoms with Crippen molar-refractivity contribution >= 4 is 13.3 Å². The van der Waals surface area contributed by atoms with Gasteiger partial charge in [-0.05, 0) is 5.04 Å². The summed E-state index contributed by atoms with van der Waals surface area (Å²) in [6, 6.07) is 0. The lowest BCUT2D eigenvalue weighted by Gasteiger charge is -2.36. The molecule has 0 aliphatic carbocycles. The highest BCUT2D eigenvalue weighted by molar-refractivity contribution is 6.93. The SMILES string of the molecule is CC(C)(C)[Si](C)(C)c1c(F)c(O)c(F)c2c1O2. The van der Waals surface area contributed by atoms with E-state index in [4.69, 9.17) is 4.74 Å². The second-order valence-electron chi connectivity index (χ2n) is 5.99. The fourth-order valence-corrected chi connectivity index (χ4v) is 3.89. The molecule has 0 saturated heterocycles. The molecule has 1 aromatic rings. The maximum Gasteiger partial charge on any atom is 0.214 e. The predicted octanol–water partition coefficient (Wildman–Crippen LogP) is 3.49. The zero-order valence-electron chi connectivity index (χ0n) is 10.6. The molecule has 1 aliphatic rings. The number of ether oxygens (including phenoxy) is 1. The van der Waals surface area contributed by atoms with Gasteiger partial charge in [-0.15, -0.1) is 0 Å². The Labute approximate surface area is 100 Å². The number of fused-ring (bicyclic) bond motifs is 1. The quantitative estimate of drug-likeness (QED) is 0.627. The lowest BCUT2D eigenvalue weighted by atomic mass is 10.2. The predicted molar refractivity (Wildman–Crippen MR) is 64.9 cm³/mol. The van der Waals surface area contributed by atoms with Crippen LogP contribution in [0.25, 0.3) is 0 Å². The van der Waals surface area contributed by atoms with Gasteiger partial charge in [-0.1, -0.05) is 33.9 Å². The molecule has 0 atom stereocenters. The summed E-state index contributed by atoms with van der Waals surface area (Å²) in [4.78, 5) is 0. The van der Waals surface area contributed by atoms with Crippen molar-refractivity contribution in [1.29, 1.82) is 0 Å². The summed E-state index contributed by atoms with van der Waals surface area (Å²) in [6.07, 6.45) is 0. The zero-order valence-corrected chi connectivity index (χ0v) is 11.6. The van der Waals surface area contributed by atoms with Crippen molar-refractivity contribution in [3.05, 3.63) is 11.6 Å². The molecule has 0 spiro atoms. The first-order valence-corrected chi connectivity index (χ1v) is 8.51. The average Bonchev–Trinajstić information content (AvgIpc) is 2.92. The molecule has 0 bridgehead atoms. The minimum absolute atomic E-state index is 0.00345. The summed E-state index contributed by atoms with van der Waals surface area (Å²) in [7, 11) is -2.20. The third kappa shape index (κ3) is 1.56. The van der Waals surface area contributed by atoms with Crippen molar-refractivity contribution < 1.29 is 18.6 Å². The number of phenolic OH excluding ortho intramolecular Hbond substituents is 1. The Kier molecular flexibility index (Phi) is 2.34. The molecule has 0 aromatic heterocycles. The van der Waals surface area contributed by atoms with Gasteiger partial charge < -0.3 is 9.84 Å². The van der Waals surface area contributed by atoms with Gasteiger partial charge in [-0.2, -0.15) is 4.39 Å². The Balaban J connectivity index is 2.68. The molecule has 2 rings (SSSR count). The number of benzene rings is 1. The van der Waals surface area contributed by atoms with Gasteiger partial charge in [-0.3, -0.25) is 0 Å². The number of halogens is 2. The van der Waals surface area contributed by atoms with Crippen LogP contribution < -0.4 is 9.92 Å². The van der Waals surface area contributed by atoms with Crippen LogP contribution in [-0.2, 0) is 0 Å². The molecule has 17 heavy (non-hydrogen) atoms. The molecule has 0 fully saturated rings. The van der Waals surface area contributed by atoms with E-state index in [0.29, 0.717) is 10.9 Å². The highest BCUT2D eigenvalue weighted by Gasteiger charge is 2.48. The molecule has 0 saturated carbocycles. The van der Waals surface area contributed by atoms with Crippen molar-refractivity contribution in [2.45, 2.75) is 38.9 Å². The van der Waals surface area contributed by atoms with Crippen molar-refractivity contribution in [2.24, 2.45) is 0 Å². The number of rotatable bonds is 1. The molecule has 94 valence electrons. The molecule has 1 heterocycles. The maximum atomic E-state index is 14.0. The molecule has 2 nitrogen and oxygen atoms in total. The van der Waals surface area contributed by atoms with E-state index in [2.05, 4.69) is 0 Å². The average molecular weight is 258 g/mol. The minimum atomic E-state index is -2.20. The van der Waals surface area contributed by atoms with Gasteiger partial charge in [0, 0.05) is 5.19 Å². The molecule has 0 radical (unpaired) electrons. The van der Waals surface area contributed by atoms with E-state index in [0.717, 1.165) is 0 Å². The number of hydrogen-bond donors (Lipinski definition) is 1. The molecule has 0 amide bonds. The molecule has 1 N–H and O–H groups in total. The van der Waals surface area contributed by atoms with E-state index in [1.807, 2.05) is 33.9 Å². The molecular formula is C12H16F2O2Si. The van der Waals surface area contributed by atoms with Crippen LogP contribution in [0.1, 0.15) is 20.8 Å². The molecule has 1 aromatic carbocycles. The van der Waals surface area contributed by atoms with Gasteiger partial charge in [0.25, 0.3) is 0 Å². The zero-order chi connectivity index (χ0) is 13.2. The van der Waals surface area contributed by atoms with Gasteiger partial charge in [0.1, 0.15) is 0 Å². The van der Waals surface area contributed by atoms with Crippen LogP contribution >= 0.6 is 0 Å². The van der Waals surface area contributed by atoms with Crippen LogP contribution in [0.2, 0.25) is 18.1 Å². The maximum absolute atomic E-state index is 14.0. The highest BCUT2D eigenvalue weighted by Crippen LogP contribution is 2.53. The summed E-state index contributed by atoms with van der Waals surface area (Å²) in [5.41, 5.74) is 0. The smallest absolute Gasteiger partial charge is 0.214 e. The normalized spacial score (nSPS) is 14.3. The first-order chi connectivity index (χ1) is 7.59. The standard InChI is InChI=1S/C12H16F2O2Si/c1-12(2,3)17(4,5)11-7(14)8(15)6(13)9-10(11)16-9/h15H,1-5H3. The lowest BCUT2D eigenvalue weighted by Crippen LogP contribution is -2.50. The topological polar surface area (TPSA) is 32.8 Å². The first-order valence-electron chi connectivity index (χ1n) is 5.51. The molecule has 0 unspecified atom stereocenters. The summed E-state index contributed by atoms with van der Waals surface area (Å²) in [6.45, 7) is 10.0. The summed E-state index contributed by atoms with van der Waals surface area (Å²) in [5.74, 6) is -2.46. The monoisotopic (exact) mass is 258 g/mol. The van der Waals surface area contributed by atoms with Crippen LogP contribution in [0, 0.1) is 11.6 Å². The first kappa shape index (κ1) is 12.4. The Morgan fingerprint density at radius 3 is 2.06 bits per heavy atom. The second-order valence-corrected chi connectivity index (χ2v) is 11.2. The van der Waals surface area contributed by atoms with Crippen molar-refractivity contribution in [3.63, 3.8) is 0 Å². The fraction of sp³-hybridized carbons (Fsp3) is 0.500. The molecule has 5 heteroatoms. The summed E-state index contributed by atoms with van der Waals surface area (Å²) < 4.78 is 32.4. The van der Waals surface area contributed by atoms with Crippen LogP contribution in [0.15, 0.2) is 0 Å². The number of aromatic hydroxyl groups is 1. The van der Waals surface area contributed by atoms with Gasteiger partial charge in [-0.25, -0.2) is 4.39 Å². The van der Waals surface area contributed by atoms with Crippen LogP contribution in [-0.4, -0.2) is 13.2 Å².